The van der Waals surface area contributed by atoms with E-state index in [1.807, 2.05) is 19.1 Å². The van der Waals surface area contributed by atoms with Crippen LogP contribution in [0.4, 0.5) is 10.5 Å². The van der Waals surface area contributed by atoms with Gasteiger partial charge in [-0.25, -0.2) is 4.79 Å². The summed E-state index contributed by atoms with van der Waals surface area (Å²) in [4.78, 5) is 27.3. The van der Waals surface area contributed by atoms with Crippen molar-refractivity contribution in [1.29, 1.82) is 0 Å². The van der Waals surface area contributed by atoms with Gasteiger partial charge in [-0.15, -0.1) is 0 Å². The van der Waals surface area contributed by atoms with Crippen LogP contribution in [-0.4, -0.2) is 16.8 Å². The van der Waals surface area contributed by atoms with Crippen molar-refractivity contribution < 1.29 is 9.59 Å². The van der Waals surface area contributed by atoms with Crippen molar-refractivity contribution in [2.45, 2.75) is 20.4 Å². The lowest BCUT2D eigenvalue weighted by atomic mass is 10.1. The highest BCUT2D eigenvalue weighted by molar-refractivity contribution is 5.96. The highest BCUT2D eigenvalue weighted by Crippen LogP contribution is 2.11. The van der Waals surface area contributed by atoms with E-state index in [0.29, 0.717) is 17.8 Å². The maximum Gasteiger partial charge on any atom is 0.319 e. The predicted octanol–water partition coefficient (Wildman–Crippen LogP) is 2.91. The SMILES string of the molecule is CC(=O)c1cccc(NC(=O)NCc2ccc(C)nc2)c1. The van der Waals surface area contributed by atoms with E-state index in [4.69, 9.17) is 0 Å². The minimum absolute atomic E-state index is 0.0372. The average molecular weight is 283 g/mol. The molecular weight excluding hydrogens is 266 g/mol. The molecule has 0 bridgehead atoms. The molecule has 1 aromatic heterocycles. The summed E-state index contributed by atoms with van der Waals surface area (Å²) in [5.41, 5.74) is 3.01. The molecule has 1 heterocycles. The number of carbonyl (C=O) groups excluding carboxylic acids is 2. The number of carbonyl (C=O) groups is 2. The van der Waals surface area contributed by atoms with Crippen LogP contribution in [0.3, 0.4) is 0 Å². The van der Waals surface area contributed by atoms with Crippen LogP contribution >= 0.6 is 0 Å². The topological polar surface area (TPSA) is 71.1 Å². The van der Waals surface area contributed by atoms with Crippen molar-refractivity contribution in [3.63, 3.8) is 0 Å². The summed E-state index contributed by atoms with van der Waals surface area (Å²) in [5, 5.41) is 5.44. The van der Waals surface area contributed by atoms with Gasteiger partial charge in [-0.3, -0.25) is 9.78 Å². The molecule has 5 nitrogen and oxygen atoms in total. The van der Waals surface area contributed by atoms with Crippen molar-refractivity contribution >= 4 is 17.5 Å². The number of nitrogens with one attached hydrogen (secondary N) is 2. The van der Waals surface area contributed by atoms with Crippen molar-refractivity contribution in [2.24, 2.45) is 0 Å². The molecule has 2 aromatic rings. The van der Waals surface area contributed by atoms with E-state index >= 15 is 0 Å². The van der Waals surface area contributed by atoms with Gasteiger partial charge in [-0.1, -0.05) is 18.2 Å². The Bertz CT molecular complexity index is 651. The molecule has 0 unspecified atom stereocenters. The molecule has 0 fully saturated rings. The lowest BCUT2D eigenvalue weighted by Gasteiger charge is -2.08. The highest BCUT2D eigenvalue weighted by Gasteiger charge is 2.04. The number of aryl methyl sites for hydroxylation is 1. The van der Waals surface area contributed by atoms with E-state index in [1.54, 1.807) is 30.5 Å². The number of amides is 2. The van der Waals surface area contributed by atoms with Crippen LogP contribution in [-0.2, 0) is 6.54 Å². The highest BCUT2D eigenvalue weighted by atomic mass is 16.2. The minimum Gasteiger partial charge on any atom is -0.334 e. The van der Waals surface area contributed by atoms with Crippen molar-refractivity contribution in [3.8, 4) is 0 Å². The molecule has 0 atom stereocenters. The maximum absolute atomic E-state index is 11.8. The molecular formula is C16H17N3O2. The van der Waals surface area contributed by atoms with Crippen LogP contribution in [0.5, 0.6) is 0 Å². The number of rotatable bonds is 4. The van der Waals surface area contributed by atoms with Crippen LogP contribution in [0.25, 0.3) is 0 Å². The van der Waals surface area contributed by atoms with E-state index in [2.05, 4.69) is 15.6 Å². The Morgan fingerprint density at radius 1 is 1.19 bits per heavy atom. The van der Waals surface area contributed by atoms with E-state index < -0.39 is 0 Å². The standard InChI is InChI=1S/C16H17N3O2/c1-11-6-7-13(9-17-11)10-18-16(21)19-15-5-3-4-14(8-15)12(2)20/h3-9H,10H2,1-2H3,(H2,18,19,21). The Hall–Kier alpha value is -2.69. The number of Topliss-reactive ketones (excluding diaryl/α,β-unsaturated/α-hetero) is 1. The number of nitrogens with zero attached hydrogens (tertiary/aromatic N) is 1. The number of pyridine rings is 1. The first kappa shape index (κ1) is 14.7. The van der Waals surface area contributed by atoms with Crippen molar-refractivity contribution in [2.75, 3.05) is 5.32 Å². The molecule has 5 heteroatoms. The number of hydrogen-bond donors (Lipinski definition) is 2. The first-order valence-electron chi connectivity index (χ1n) is 6.62. The summed E-state index contributed by atoms with van der Waals surface area (Å²) in [7, 11) is 0. The second-order valence-electron chi connectivity index (χ2n) is 4.75. The summed E-state index contributed by atoms with van der Waals surface area (Å²) in [6, 6.07) is 10.3. The first-order valence-corrected chi connectivity index (χ1v) is 6.62. The molecule has 0 saturated heterocycles. The number of hydrogen-bond acceptors (Lipinski definition) is 3. The average Bonchev–Trinajstić information content (AvgIpc) is 2.47. The van der Waals surface area contributed by atoms with Crippen LogP contribution in [0, 0.1) is 6.92 Å². The van der Waals surface area contributed by atoms with Gasteiger partial charge in [0.05, 0.1) is 0 Å². The number of anilines is 1. The Balaban J connectivity index is 1.91. The third kappa shape index (κ3) is 4.42. The number of benzene rings is 1. The first-order chi connectivity index (χ1) is 10.0. The van der Waals surface area contributed by atoms with E-state index in [9.17, 15) is 9.59 Å². The van der Waals surface area contributed by atoms with E-state index in [0.717, 1.165) is 11.3 Å². The van der Waals surface area contributed by atoms with Crippen LogP contribution in [0.15, 0.2) is 42.6 Å². The Morgan fingerprint density at radius 3 is 2.67 bits per heavy atom. The second kappa shape index (κ2) is 6.65. The summed E-state index contributed by atoms with van der Waals surface area (Å²) in [5.74, 6) is -0.0372. The maximum atomic E-state index is 11.8. The molecule has 0 spiro atoms. The van der Waals surface area contributed by atoms with Gasteiger partial charge in [-0.05, 0) is 37.6 Å². The Morgan fingerprint density at radius 2 is 2.00 bits per heavy atom. The minimum atomic E-state index is -0.323. The fraction of sp³-hybridized carbons (Fsp3) is 0.188. The van der Waals surface area contributed by atoms with Gasteiger partial charge in [0.2, 0.25) is 0 Å². The molecule has 1 aromatic carbocycles. The zero-order chi connectivity index (χ0) is 15.2. The van der Waals surface area contributed by atoms with Gasteiger partial charge in [0.15, 0.2) is 5.78 Å². The fourth-order valence-electron chi connectivity index (χ4n) is 1.78. The van der Waals surface area contributed by atoms with Gasteiger partial charge >= 0.3 is 6.03 Å². The van der Waals surface area contributed by atoms with E-state index in [1.165, 1.54) is 6.92 Å². The lowest BCUT2D eigenvalue weighted by molar-refractivity contribution is 0.101. The fourth-order valence-corrected chi connectivity index (χ4v) is 1.78. The van der Waals surface area contributed by atoms with Gasteiger partial charge < -0.3 is 10.6 Å². The number of urea groups is 1. The molecule has 21 heavy (non-hydrogen) atoms. The Labute approximate surface area is 123 Å². The molecule has 0 aliphatic rings. The Kier molecular flexibility index (Phi) is 4.66. The summed E-state index contributed by atoms with van der Waals surface area (Å²) in [6.45, 7) is 3.79. The molecule has 108 valence electrons. The molecule has 2 amide bonds. The molecule has 0 saturated carbocycles. The predicted molar refractivity (Wildman–Crippen MR) is 81.3 cm³/mol. The monoisotopic (exact) mass is 283 g/mol. The van der Waals surface area contributed by atoms with Gasteiger partial charge in [0, 0.05) is 29.7 Å². The quantitative estimate of drug-likeness (QED) is 0.847. The number of ketones is 1. The molecule has 0 aliphatic heterocycles. The van der Waals surface area contributed by atoms with Gasteiger partial charge in [0.25, 0.3) is 0 Å². The molecule has 2 N–H and O–H groups in total. The summed E-state index contributed by atoms with van der Waals surface area (Å²) < 4.78 is 0. The van der Waals surface area contributed by atoms with E-state index in [-0.39, 0.29) is 11.8 Å². The smallest absolute Gasteiger partial charge is 0.319 e. The normalized spacial score (nSPS) is 10.0. The molecule has 0 radical (unpaired) electrons. The summed E-state index contributed by atoms with van der Waals surface area (Å²) in [6.07, 6.45) is 1.73. The van der Waals surface area contributed by atoms with Crippen LogP contribution in [0.1, 0.15) is 28.5 Å². The summed E-state index contributed by atoms with van der Waals surface area (Å²) >= 11 is 0. The largest absolute Gasteiger partial charge is 0.334 e. The van der Waals surface area contributed by atoms with Crippen LogP contribution in [0.2, 0.25) is 0 Å². The van der Waals surface area contributed by atoms with Crippen molar-refractivity contribution in [3.05, 3.63) is 59.4 Å². The zero-order valence-corrected chi connectivity index (χ0v) is 12.0. The van der Waals surface area contributed by atoms with Crippen LogP contribution < -0.4 is 10.6 Å². The third-order valence-corrected chi connectivity index (χ3v) is 2.95. The second-order valence-corrected chi connectivity index (χ2v) is 4.75. The van der Waals surface area contributed by atoms with Gasteiger partial charge in [0.1, 0.15) is 0 Å². The third-order valence-electron chi connectivity index (χ3n) is 2.95. The van der Waals surface area contributed by atoms with Crippen molar-refractivity contribution in [1.82, 2.24) is 10.3 Å². The molecule has 2 rings (SSSR count). The number of aromatic nitrogens is 1. The lowest BCUT2D eigenvalue weighted by Crippen LogP contribution is -2.28. The van der Waals surface area contributed by atoms with Gasteiger partial charge in [-0.2, -0.15) is 0 Å². The zero-order valence-electron chi connectivity index (χ0n) is 12.0. The molecule has 0 aliphatic carbocycles.